The molecule has 12 heavy (non-hydrogen) atoms. The molecule has 0 saturated heterocycles. The van der Waals surface area contributed by atoms with E-state index in [1.54, 1.807) is 0 Å². The van der Waals surface area contributed by atoms with E-state index in [-0.39, 0.29) is 11.4 Å². The zero-order valence-electron chi connectivity index (χ0n) is 5.75. The maximum atomic E-state index is 10.4. The first-order chi connectivity index (χ1) is 5.52. The van der Waals surface area contributed by atoms with Gasteiger partial charge in [0.25, 0.3) is 5.69 Å². The first-order valence-corrected chi connectivity index (χ1v) is 4.08. The molecule has 0 spiro atoms. The molecule has 1 rings (SSSR count). The van der Waals surface area contributed by atoms with Gasteiger partial charge in [-0.2, -0.15) is 0 Å². The van der Waals surface area contributed by atoms with E-state index in [1.165, 1.54) is 12.1 Å². The van der Waals surface area contributed by atoms with Gasteiger partial charge in [-0.25, -0.2) is 0 Å². The predicted molar refractivity (Wildman–Crippen MR) is 50.2 cm³/mol. The first kappa shape index (κ1) is 9.28. The van der Waals surface area contributed by atoms with E-state index in [9.17, 15) is 10.1 Å². The van der Waals surface area contributed by atoms with Crippen LogP contribution < -0.4 is 5.73 Å². The first-order valence-electron chi connectivity index (χ1n) is 2.91. The number of hydrogen-bond acceptors (Lipinski definition) is 3. The molecular weight excluding hydrogens is 247 g/mol. The van der Waals surface area contributed by atoms with E-state index in [0.29, 0.717) is 9.50 Å². The van der Waals surface area contributed by atoms with Gasteiger partial charge in [-0.3, -0.25) is 10.1 Å². The number of nitrogens with two attached hydrogens (primary N) is 1. The fraction of sp³-hybridized carbons (Fsp3) is 0. The quantitative estimate of drug-likeness (QED) is 0.474. The van der Waals surface area contributed by atoms with E-state index in [2.05, 4.69) is 15.9 Å². The molecule has 0 amide bonds. The molecule has 0 aromatic heterocycles. The molecule has 64 valence electrons. The Labute approximate surface area is 81.6 Å². The molecule has 0 heterocycles. The lowest BCUT2D eigenvalue weighted by Gasteiger charge is -1.99. The summed E-state index contributed by atoms with van der Waals surface area (Å²) in [7, 11) is 0. The lowest BCUT2D eigenvalue weighted by molar-refractivity contribution is -0.385. The van der Waals surface area contributed by atoms with Crippen LogP contribution in [0.4, 0.5) is 11.4 Å². The van der Waals surface area contributed by atoms with Gasteiger partial charge in [0.1, 0.15) is 0 Å². The van der Waals surface area contributed by atoms with Crippen LogP contribution in [0.25, 0.3) is 0 Å². The van der Waals surface area contributed by atoms with Crippen LogP contribution in [0.5, 0.6) is 0 Å². The normalized spacial score (nSPS) is 9.83. The Hall–Kier alpha value is -0.810. The molecule has 1 aromatic carbocycles. The number of nitro groups is 1. The number of hydrogen-bond donors (Lipinski definition) is 1. The number of nitro benzene ring substituents is 1. The summed E-state index contributed by atoms with van der Waals surface area (Å²) in [4.78, 5) is 9.83. The second-order valence-electron chi connectivity index (χ2n) is 2.08. The van der Waals surface area contributed by atoms with Crippen LogP contribution in [0.1, 0.15) is 0 Å². The maximum Gasteiger partial charge on any atom is 0.285 e. The second kappa shape index (κ2) is 3.28. The second-order valence-corrected chi connectivity index (χ2v) is 3.34. The number of nitrogens with zero attached hydrogens (tertiary/aromatic N) is 1. The number of benzene rings is 1. The summed E-state index contributed by atoms with van der Waals surface area (Å²) >= 11 is 8.61. The van der Waals surface area contributed by atoms with Gasteiger partial charge in [-0.1, -0.05) is 11.6 Å². The fourth-order valence-electron chi connectivity index (χ4n) is 0.694. The molecule has 0 saturated carbocycles. The highest BCUT2D eigenvalue weighted by atomic mass is 79.9. The molecule has 0 aliphatic rings. The summed E-state index contributed by atoms with van der Waals surface area (Å²) in [6, 6.07) is 2.61. The SMILES string of the molecule is Nc1cc([N+](=O)[O-])c(Br)cc1Cl. The number of nitrogen functional groups attached to an aromatic ring is 1. The minimum absolute atomic E-state index is 0.0862. The molecule has 0 bridgehead atoms. The minimum atomic E-state index is -0.531. The highest BCUT2D eigenvalue weighted by molar-refractivity contribution is 9.10. The van der Waals surface area contributed by atoms with E-state index in [4.69, 9.17) is 17.3 Å². The average Bonchev–Trinajstić information content (AvgIpc) is 1.96. The average molecular weight is 251 g/mol. The maximum absolute atomic E-state index is 10.4. The van der Waals surface area contributed by atoms with Crippen molar-refractivity contribution in [1.29, 1.82) is 0 Å². The van der Waals surface area contributed by atoms with Crippen LogP contribution in [0.2, 0.25) is 5.02 Å². The van der Waals surface area contributed by atoms with E-state index in [1.807, 2.05) is 0 Å². The van der Waals surface area contributed by atoms with Gasteiger partial charge in [-0.15, -0.1) is 0 Å². The van der Waals surface area contributed by atoms with Gasteiger partial charge in [0.15, 0.2) is 0 Å². The lowest BCUT2D eigenvalue weighted by atomic mass is 10.3. The van der Waals surface area contributed by atoms with Crippen molar-refractivity contribution in [3.05, 3.63) is 31.7 Å². The van der Waals surface area contributed by atoms with Crippen LogP contribution in [0.15, 0.2) is 16.6 Å². The van der Waals surface area contributed by atoms with E-state index < -0.39 is 4.92 Å². The number of rotatable bonds is 1. The van der Waals surface area contributed by atoms with Gasteiger partial charge >= 0.3 is 0 Å². The van der Waals surface area contributed by atoms with Crippen molar-refractivity contribution in [3.8, 4) is 0 Å². The summed E-state index contributed by atoms with van der Waals surface area (Å²) in [6.07, 6.45) is 0. The van der Waals surface area contributed by atoms with Crippen LogP contribution in [0, 0.1) is 10.1 Å². The van der Waals surface area contributed by atoms with Crippen molar-refractivity contribution in [2.45, 2.75) is 0 Å². The smallest absolute Gasteiger partial charge is 0.285 e. The number of anilines is 1. The predicted octanol–water partition coefficient (Wildman–Crippen LogP) is 2.59. The van der Waals surface area contributed by atoms with Gasteiger partial charge in [0.05, 0.1) is 20.1 Å². The van der Waals surface area contributed by atoms with Crippen molar-refractivity contribution in [1.82, 2.24) is 0 Å². The Kier molecular flexibility index (Phi) is 2.54. The topological polar surface area (TPSA) is 69.2 Å². The van der Waals surface area contributed by atoms with Gasteiger partial charge in [0.2, 0.25) is 0 Å². The van der Waals surface area contributed by atoms with Crippen molar-refractivity contribution >= 4 is 38.9 Å². The molecular formula is C6H4BrClN2O2. The summed E-state index contributed by atoms with van der Waals surface area (Å²) in [5.74, 6) is 0. The fourth-order valence-corrected chi connectivity index (χ4v) is 1.48. The molecule has 0 fully saturated rings. The van der Waals surface area contributed by atoms with E-state index in [0.717, 1.165) is 0 Å². The molecule has 0 radical (unpaired) electrons. The zero-order valence-corrected chi connectivity index (χ0v) is 8.09. The standard InChI is InChI=1S/C6H4BrClN2O2/c7-3-1-4(8)5(9)2-6(3)10(11)12/h1-2H,9H2. The largest absolute Gasteiger partial charge is 0.397 e. The summed E-state index contributed by atoms with van der Waals surface area (Å²) in [6.45, 7) is 0. The molecule has 1 aromatic rings. The van der Waals surface area contributed by atoms with Crippen LogP contribution in [-0.4, -0.2) is 4.92 Å². The molecule has 0 aliphatic carbocycles. The van der Waals surface area contributed by atoms with Crippen molar-refractivity contribution in [2.24, 2.45) is 0 Å². The molecule has 0 unspecified atom stereocenters. The highest BCUT2D eigenvalue weighted by Crippen LogP contribution is 2.32. The third-order valence-corrected chi connectivity index (χ3v) is 2.23. The summed E-state index contributed by atoms with van der Waals surface area (Å²) in [5, 5.41) is 10.7. The van der Waals surface area contributed by atoms with Crippen LogP contribution in [-0.2, 0) is 0 Å². The Balaban J connectivity index is 3.33. The van der Waals surface area contributed by atoms with Gasteiger partial charge < -0.3 is 5.73 Å². The highest BCUT2D eigenvalue weighted by Gasteiger charge is 2.13. The Morgan fingerprint density at radius 1 is 1.58 bits per heavy atom. The Morgan fingerprint density at radius 3 is 2.67 bits per heavy atom. The minimum Gasteiger partial charge on any atom is -0.397 e. The lowest BCUT2D eigenvalue weighted by Crippen LogP contribution is -1.93. The summed E-state index contributed by atoms with van der Waals surface area (Å²) in [5.41, 5.74) is 5.48. The van der Waals surface area contributed by atoms with Gasteiger partial charge in [0, 0.05) is 6.07 Å². The molecule has 0 aliphatic heterocycles. The van der Waals surface area contributed by atoms with Crippen molar-refractivity contribution < 1.29 is 4.92 Å². The Bertz CT molecular complexity index is 343. The van der Waals surface area contributed by atoms with Gasteiger partial charge in [-0.05, 0) is 22.0 Å². The Morgan fingerprint density at radius 2 is 2.17 bits per heavy atom. The zero-order chi connectivity index (χ0) is 9.30. The van der Waals surface area contributed by atoms with Crippen LogP contribution >= 0.6 is 27.5 Å². The summed E-state index contributed by atoms with van der Waals surface area (Å²) < 4.78 is 0.326. The molecule has 0 atom stereocenters. The van der Waals surface area contributed by atoms with Crippen molar-refractivity contribution in [2.75, 3.05) is 5.73 Å². The van der Waals surface area contributed by atoms with Crippen LogP contribution in [0.3, 0.4) is 0 Å². The monoisotopic (exact) mass is 250 g/mol. The van der Waals surface area contributed by atoms with E-state index >= 15 is 0 Å². The van der Waals surface area contributed by atoms with Crippen molar-refractivity contribution in [3.63, 3.8) is 0 Å². The molecule has 6 heteroatoms. The third kappa shape index (κ3) is 1.67. The molecule has 4 nitrogen and oxygen atoms in total. The third-order valence-electron chi connectivity index (χ3n) is 1.26. The number of halogens is 2. The molecule has 2 N–H and O–H groups in total.